The van der Waals surface area contributed by atoms with Crippen molar-refractivity contribution in [2.24, 2.45) is 10.2 Å². The molecule has 0 saturated carbocycles. The van der Waals surface area contributed by atoms with Gasteiger partial charge in [0.05, 0.1) is 19.9 Å². The molecule has 0 spiro atoms. The van der Waals surface area contributed by atoms with Crippen LogP contribution in [0.25, 0.3) is 0 Å². The Bertz CT molecular complexity index is 898. The standard InChI is InChI=1S/C14H15N3O5S2/c1-21-11-4-3-8(5-14(11)24(18,19)20)16-17-10-7-13(23)9(15)6-12(10)22-2/h3-7,23H,15H2,1-2H3,(H,18,19,20). The van der Waals surface area contributed by atoms with Crippen LogP contribution in [0, 0.1) is 0 Å². The third kappa shape index (κ3) is 3.96. The van der Waals surface area contributed by atoms with E-state index in [4.69, 9.17) is 15.2 Å². The lowest BCUT2D eigenvalue weighted by Gasteiger charge is -2.07. The maximum atomic E-state index is 11.4. The number of nitrogen functional groups attached to an aromatic ring is 1. The normalized spacial score (nSPS) is 11.7. The molecule has 10 heteroatoms. The molecule has 8 nitrogen and oxygen atoms in total. The van der Waals surface area contributed by atoms with Gasteiger partial charge in [-0.15, -0.1) is 17.7 Å². The summed E-state index contributed by atoms with van der Waals surface area (Å²) < 4.78 is 42.1. The molecule has 0 saturated heterocycles. The number of nitrogens with two attached hydrogens (primary N) is 1. The molecule has 0 bridgehead atoms. The number of hydrogen-bond acceptors (Lipinski definition) is 8. The predicted octanol–water partition coefficient (Wildman–Crippen LogP) is 3.24. The van der Waals surface area contributed by atoms with Gasteiger partial charge in [0.15, 0.2) is 0 Å². The van der Waals surface area contributed by atoms with Crippen molar-refractivity contribution >= 4 is 39.8 Å². The van der Waals surface area contributed by atoms with Crippen LogP contribution in [0.3, 0.4) is 0 Å². The number of rotatable bonds is 5. The fourth-order valence-electron chi connectivity index (χ4n) is 1.86. The molecule has 3 N–H and O–H groups in total. The lowest BCUT2D eigenvalue weighted by Crippen LogP contribution is -2.00. The fraction of sp³-hybridized carbons (Fsp3) is 0.143. The van der Waals surface area contributed by atoms with Gasteiger partial charge in [0, 0.05) is 16.6 Å². The number of anilines is 1. The zero-order chi connectivity index (χ0) is 17.9. The van der Waals surface area contributed by atoms with Crippen molar-refractivity contribution in [2.75, 3.05) is 20.0 Å². The highest BCUT2D eigenvalue weighted by molar-refractivity contribution is 7.86. The first-order valence-corrected chi connectivity index (χ1v) is 8.38. The summed E-state index contributed by atoms with van der Waals surface area (Å²) in [5.41, 5.74) is 6.72. The van der Waals surface area contributed by atoms with Crippen molar-refractivity contribution in [2.45, 2.75) is 9.79 Å². The molecule has 0 atom stereocenters. The van der Waals surface area contributed by atoms with E-state index in [1.54, 1.807) is 12.1 Å². The zero-order valence-electron chi connectivity index (χ0n) is 12.8. The maximum absolute atomic E-state index is 11.4. The van der Waals surface area contributed by atoms with Gasteiger partial charge >= 0.3 is 0 Å². The van der Waals surface area contributed by atoms with Crippen LogP contribution >= 0.6 is 12.6 Å². The van der Waals surface area contributed by atoms with E-state index in [0.29, 0.717) is 22.0 Å². The summed E-state index contributed by atoms with van der Waals surface area (Å²) in [6.07, 6.45) is 0. The topological polar surface area (TPSA) is 124 Å². The molecular weight excluding hydrogens is 354 g/mol. The Morgan fingerprint density at radius 1 is 1.08 bits per heavy atom. The van der Waals surface area contributed by atoms with Gasteiger partial charge in [0.25, 0.3) is 10.1 Å². The molecule has 0 unspecified atom stereocenters. The van der Waals surface area contributed by atoms with Gasteiger partial charge in [0.2, 0.25) is 0 Å². The molecule has 0 heterocycles. The third-order valence-electron chi connectivity index (χ3n) is 3.03. The van der Waals surface area contributed by atoms with Gasteiger partial charge in [-0.1, -0.05) is 0 Å². The fourth-order valence-corrected chi connectivity index (χ4v) is 2.72. The van der Waals surface area contributed by atoms with E-state index in [1.807, 2.05) is 0 Å². The lowest BCUT2D eigenvalue weighted by molar-refractivity contribution is 0.397. The van der Waals surface area contributed by atoms with Crippen molar-refractivity contribution in [1.29, 1.82) is 0 Å². The smallest absolute Gasteiger partial charge is 0.298 e. The highest BCUT2D eigenvalue weighted by Gasteiger charge is 2.17. The van der Waals surface area contributed by atoms with Crippen molar-refractivity contribution < 1.29 is 22.4 Å². The quantitative estimate of drug-likeness (QED) is 0.322. The first kappa shape index (κ1) is 18.0. The molecule has 0 aliphatic heterocycles. The Balaban J connectivity index is 2.45. The summed E-state index contributed by atoms with van der Waals surface area (Å²) >= 11 is 4.20. The van der Waals surface area contributed by atoms with Crippen molar-refractivity contribution in [3.05, 3.63) is 30.3 Å². The second kappa shape index (κ2) is 7.07. The Morgan fingerprint density at radius 2 is 1.75 bits per heavy atom. The summed E-state index contributed by atoms with van der Waals surface area (Å²) in [5.74, 6) is 0.386. The van der Waals surface area contributed by atoms with Crippen LogP contribution in [0.4, 0.5) is 17.1 Å². The minimum absolute atomic E-state index is 0.000778. The SMILES string of the molecule is COc1cc(N)c(S)cc1N=Nc1ccc(OC)c(S(=O)(=O)O)c1. The molecule has 0 aromatic heterocycles. The van der Waals surface area contributed by atoms with E-state index < -0.39 is 15.0 Å². The largest absolute Gasteiger partial charge is 0.495 e. The number of thiol groups is 1. The van der Waals surface area contributed by atoms with Crippen molar-refractivity contribution in [1.82, 2.24) is 0 Å². The molecule has 2 aromatic rings. The average molecular weight is 369 g/mol. The summed E-state index contributed by atoms with van der Waals surface area (Å²) in [7, 11) is -1.71. The van der Waals surface area contributed by atoms with Crippen LogP contribution in [0.2, 0.25) is 0 Å². The lowest BCUT2D eigenvalue weighted by atomic mass is 10.2. The zero-order valence-corrected chi connectivity index (χ0v) is 14.5. The van der Waals surface area contributed by atoms with E-state index in [9.17, 15) is 13.0 Å². The summed E-state index contributed by atoms with van der Waals surface area (Å²) in [6.45, 7) is 0. The van der Waals surface area contributed by atoms with Crippen molar-refractivity contribution in [3.8, 4) is 11.5 Å². The van der Waals surface area contributed by atoms with Crippen LogP contribution in [0.5, 0.6) is 11.5 Å². The number of azo groups is 1. The van der Waals surface area contributed by atoms with Gasteiger partial charge in [-0.3, -0.25) is 4.55 Å². The van der Waals surface area contributed by atoms with Crippen LogP contribution < -0.4 is 15.2 Å². The minimum Gasteiger partial charge on any atom is -0.495 e. The second-order valence-corrected chi connectivity index (χ2v) is 6.46. The molecule has 0 radical (unpaired) electrons. The molecule has 0 fully saturated rings. The number of methoxy groups -OCH3 is 2. The van der Waals surface area contributed by atoms with Crippen molar-refractivity contribution in [3.63, 3.8) is 0 Å². The number of nitrogens with zero attached hydrogens (tertiary/aromatic N) is 2. The molecule has 0 amide bonds. The van der Waals surface area contributed by atoms with Crippen LogP contribution in [0.15, 0.2) is 50.4 Å². The summed E-state index contributed by atoms with van der Waals surface area (Å²) in [4.78, 5) is 0.0960. The van der Waals surface area contributed by atoms with Gasteiger partial charge in [0.1, 0.15) is 22.1 Å². The van der Waals surface area contributed by atoms with Crippen LogP contribution in [-0.4, -0.2) is 27.2 Å². The first-order valence-electron chi connectivity index (χ1n) is 6.50. The van der Waals surface area contributed by atoms with Gasteiger partial charge in [-0.25, -0.2) is 0 Å². The van der Waals surface area contributed by atoms with Gasteiger partial charge < -0.3 is 15.2 Å². The number of ether oxygens (including phenoxy) is 2. The Morgan fingerprint density at radius 3 is 2.33 bits per heavy atom. The van der Waals surface area contributed by atoms with Gasteiger partial charge in [-0.05, 0) is 24.3 Å². The van der Waals surface area contributed by atoms with E-state index in [-0.39, 0.29) is 11.4 Å². The molecule has 24 heavy (non-hydrogen) atoms. The minimum atomic E-state index is -4.46. The molecule has 0 aliphatic carbocycles. The third-order valence-corrected chi connectivity index (χ3v) is 4.29. The Kier molecular flexibility index (Phi) is 5.32. The highest BCUT2D eigenvalue weighted by Crippen LogP contribution is 2.35. The first-order chi connectivity index (χ1) is 11.3. The molecule has 128 valence electrons. The van der Waals surface area contributed by atoms with E-state index >= 15 is 0 Å². The van der Waals surface area contributed by atoms with E-state index in [1.165, 1.54) is 26.4 Å². The number of benzene rings is 2. The number of hydrogen-bond donors (Lipinski definition) is 3. The maximum Gasteiger partial charge on any atom is 0.298 e. The molecule has 0 aliphatic rings. The monoisotopic (exact) mass is 369 g/mol. The Labute approximate surface area is 144 Å². The Hall–Kier alpha value is -2.30. The predicted molar refractivity (Wildman–Crippen MR) is 91.6 cm³/mol. The van der Waals surface area contributed by atoms with E-state index in [2.05, 4.69) is 22.9 Å². The van der Waals surface area contributed by atoms with Crippen LogP contribution in [-0.2, 0) is 10.1 Å². The summed E-state index contributed by atoms with van der Waals surface area (Å²) in [5, 5.41) is 7.95. The summed E-state index contributed by atoms with van der Waals surface area (Å²) in [6, 6.07) is 7.11. The molecule has 2 aromatic carbocycles. The van der Waals surface area contributed by atoms with Crippen LogP contribution in [0.1, 0.15) is 0 Å². The average Bonchev–Trinajstić information content (AvgIpc) is 2.54. The van der Waals surface area contributed by atoms with E-state index in [0.717, 1.165) is 6.07 Å². The molecular formula is C14H15N3O5S2. The molecule has 2 rings (SSSR count). The highest BCUT2D eigenvalue weighted by atomic mass is 32.2. The van der Waals surface area contributed by atoms with Gasteiger partial charge in [-0.2, -0.15) is 13.5 Å². The second-order valence-electron chi connectivity index (χ2n) is 4.59.